The molecule has 1 N–H and O–H groups in total. The Morgan fingerprint density at radius 2 is 1.06 bits per heavy atom. The number of allylic oxidation sites excluding steroid dienone is 12. The van der Waals surface area contributed by atoms with Crippen molar-refractivity contribution in [1.82, 2.24) is 5.32 Å². The third kappa shape index (κ3) is 20.2. The SMILES string of the molecule is CC/C=C\C/C=C\C/C=C\C/C=C\C/C=C\C/C=C\CCC(=O)NC(CC(C)C)C(=O)C(C)C. The lowest BCUT2D eigenvalue weighted by Crippen LogP contribution is -2.43. The second kappa shape index (κ2) is 22.4. The summed E-state index contributed by atoms with van der Waals surface area (Å²) in [5.41, 5.74) is 0. The highest BCUT2D eigenvalue weighted by molar-refractivity contribution is 5.90. The van der Waals surface area contributed by atoms with E-state index in [0.29, 0.717) is 25.2 Å². The molecule has 0 aliphatic rings. The summed E-state index contributed by atoms with van der Waals surface area (Å²) in [6.07, 6.45) is 33.8. The molecule has 0 fully saturated rings. The zero-order valence-electron chi connectivity index (χ0n) is 22.3. The number of amides is 1. The molecule has 0 aromatic rings. The van der Waals surface area contributed by atoms with Crippen LogP contribution in [0.25, 0.3) is 0 Å². The predicted octanol–water partition coefficient (Wildman–Crippen LogP) is 8.22. The maximum absolute atomic E-state index is 12.3. The van der Waals surface area contributed by atoms with E-state index in [1.807, 2.05) is 19.9 Å². The van der Waals surface area contributed by atoms with E-state index in [9.17, 15) is 9.59 Å². The number of carbonyl (C=O) groups excluding carboxylic acids is 2. The molecule has 0 radical (unpaired) electrons. The topological polar surface area (TPSA) is 46.2 Å². The molecule has 0 spiro atoms. The molecule has 3 nitrogen and oxygen atoms in total. The highest BCUT2D eigenvalue weighted by atomic mass is 16.2. The Bertz CT molecular complexity index is 705. The van der Waals surface area contributed by atoms with Crippen LogP contribution in [0.2, 0.25) is 0 Å². The van der Waals surface area contributed by atoms with Gasteiger partial charge in [-0.15, -0.1) is 0 Å². The van der Waals surface area contributed by atoms with E-state index in [0.717, 1.165) is 38.5 Å². The highest BCUT2D eigenvalue weighted by Gasteiger charge is 2.23. The Hall–Kier alpha value is -2.42. The Morgan fingerprint density at radius 3 is 1.44 bits per heavy atom. The van der Waals surface area contributed by atoms with Gasteiger partial charge in [0.15, 0.2) is 5.78 Å². The maximum Gasteiger partial charge on any atom is 0.220 e. The molecule has 190 valence electrons. The molecule has 1 amide bonds. The fourth-order valence-corrected chi connectivity index (χ4v) is 3.24. The van der Waals surface area contributed by atoms with Crippen LogP contribution in [-0.2, 0) is 9.59 Å². The van der Waals surface area contributed by atoms with Gasteiger partial charge in [-0.3, -0.25) is 9.59 Å². The molecule has 0 bridgehead atoms. The van der Waals surface area contributed by atoms with Crippen LogP contribution in [0.15, 0.2) is 72.9 Å². The Kier molecular flexibility index (Phi) is 20.8. The van der Waals surface area contributed by atoms with Gasteiger partial charge < -0.3 is 5.32 Å². The number of carbonyl (C=O) groups is 2. The van der Waals surface area contributed by atoms with Crippen molar-refractivity contribution in [3.05, 3.63) is 72.9 Å². The molecule has 0 aromatic carbocycles. The van der Waals surface area contributed by atoms with Crippen molar-refractivity contribution in [3.8, 4) is 0 Å². The molecule has 0 saturated heterocycles. The first kappa shape index (κ1) is 31.6. The van der Waals surface area contributed by atoms with Gasteiger partial charge in [-0.05, 0) is 57.3 Å². The van der Waals surface area contributed by atoms with E-state index in [4.69, 9.17) is 0 Å². The van der Waals surface area contributed by atoms with Crippen molar-refractivity contribution in [3.63, 3.8) is 0 Å². The van der Waals surface area contributed by atoms with Crippen molar-refractivity contribution < 1.29 is 9.59 Å². The molecule has 0 aliphatic carbocycles. The number of ketones is 1. The minimum absolute atomic E-state index is 0.0424. The summed E-state index contributed by atoms with van der Waals surface area (Å²) < 4.78 is 0. The van der Waals surface area contributed by atoms with Gasteiger partial charge in [0.2, 0.25) is 5.91 Å². The van der Waals surface area contributed by atoms with Crippen LogP contribution in [0.1, 0.15) is 92.4 Å². The number of hydrogen-bond donors (Lipinski definition) is 1. The quantitative estimate of drug-likeness (QED) is 0.194. The van der Waals surface area contributed by atoms with Gasteiger partial charge in [-0.25, -0.2) is 0 Å². The van der Waals surface area contributed by atoms with Crippen LogP contribution in [0.4, 0.5) is 0 Å². The van der Waals surface area contributed by atoms with E-state index in [1.165, 1.54) is 0 Å². The van der Waals surface area contributed by atoms with Crippen LogP contribution >= 0.6 is 0 Å². The van der Waals surface area contributed by atoms with Gasteiger partial charge in [0.25, 0.3) is 0 Å². The summed E-state index contributed by atoms with van der Waals surface area (Å²) in [4.78, 5) is 24.5. The molecule has 34 heavy (non-hydrogen) atoms. The largest absolute Gasteiger partial charge is 0.346 e. The van der Waals surface area contributed by atoms with Gasteiger partial charge in [-0.2, -0.15) is 0 Å². The molecular weight excluding hydrogens is 418 g/mol. The third-order valence-corrected chi connectivity index (χ3v) is 5.09. The van der Waals surface area contributed by atoms with Crippen molar-refractivity contribution in [2.45, 2.75) is 98.4 Å². The van der Waals surface area contributed by atoms with Gasteiger partial charge >= 0.3 is 0 Å². The Labute approximate surface area is 209 Å². The number of rotatable bonds is 19. The lowest BCUT2D eigenvalue weighted by Gasteiger charge is -2.21. The average molecular weight is 468 g/mol. The van der Waals surface area contributed by atoms with Crippen molar-refractivity contribution in [1.29, 1.82) is 0 Å². The molecule has 0 aromatic heterocycles. The summed E-state index contributed by atoms with van der Waals surface area (Å²) in [5.74, 6) is 0.388. The normalized spacial score (nSPS) is 13.9. The zero-order chi connectivity index (χ0) is 25.4. The molecule has 1 atom stereocenters. The first-order valence-electron chi connectivity index (χ1n) is 13.1. The second-order valence-corrected chi connectivity index (χ2v) is 9.26. The molecular formula is C31H49NO2. The van der Waals surface area contributed by atoms with Crippen LogP contribution in [-0.4, -0.2) is 17.7 Å². The zero-order valence-corrected chi connectivity index (χ0v) is 22.3. The summed E-state index contributed by atoms with van der Waals surface area (Å²) in [7, 11) is 0. The van der Waals surface area contributed by atoms with Gasteiger partial charge in [0, 0.05) is 12.3 Å². The molecule has 0 heterocycles. The lowest BCUT2D eigenvalue weighted by atomic mass is 9.94. The van der Waals surface area contributed by atoms with Crippen LogP contribution in [0.5, 0.6) is 0 Å². The average Bonchev–Trinajstić information content (AvgIpc) is 2.79. The van der Waals surface area contributed by atoms with E-state index in [1.54, 1.807) is 0 Å². The van der Waals surface area contributed by atoms with Gasteiger partial charge in [0.1, 0.15) is 0 Å². The minimum Gasteiger partial charge on any atom is -0.346 e. The summed E-state index contributed by atoms with van der Waals surface area (Å²) in [6.45, 7) is 10.1. The summed E-state index contributed by atoms with van der Waals surface area (Å²) in [6, 6.07) is -0.363. The van der Waals surface area contributed by atoms with Crippen molar-refractivity contribution >= 4 is 11.7 Å². The van der Waals surface area contributed by atoms with Gasteiger partial charge in [0.05, 0.1) is 6.04 Å². The molecule has 0 saturated carbocycles. The third-order valence-electron chi connectivity index (χ3n) is 5.09. The fourth-order valence-electron chi connectivity index (χ4n) is 3.24. The molecule has 1 unspecified atom stereocenters. The van der Waals surface area contributed by atoms with E-state index >= 15 is 0 Å². The molecule has 0 aliphatic heterocycles. The molecule has 3 heteroatoms. The first-order valence-corrected chi connectivity index (χ1v) is 13.1. The number of Topliss-reactive ketones (excluding diaryl/α,β-unsaturated/α-hetero) is 1. The molecule has 0 rings (SSSR count). The van der Waals surface area contributed by atoms with E-state index in [2.05, 4.69) is 92.9 Å². The lowest BCUT2D eigenvalue weighted by molar-refractivity contribution is -0.129. The van der Waals surface area contributed by atoms with Crippen LogP contribution in [0, 0.1) is 11.8 Å². The highest BCUT2D eigenvalue weighted by Crippen LogP contribution is 2.11. The monoisotopic (exact) mass is 467 g/mol. The van der Waals surface area contributed by atoms with Crippen LogP contribution in [0.3, 0.4) is 0 Å². The predicted molar refractivity (Wildman–Crippen MR) is 149 cm³/mol. The second-order valence-electron chi connectivity index (χ2n) is 9.26. The minimum atomic E-state index is -0.363. The van der Waals surface area contributed by atoms with Gasteiger partial charge in [-0.1, -0.05) is 108 Å². The van der Waals surface area contributed by atoms with Crippen molar-refractivity contribution in [2.75, 3.05) is 0 Å². The fraction of sp³-hybridized carbons (Fsp3) is 0.548. The summed E-state index contributed by atoms with van der Waals surface area (Å²) >= 11 is 0. The smallest absolute Gasteiger partial charge is 0.220 e. The Morgan fingerprint density at radius 1 is 0.647 bits per heavy atom. The number of nitrogens with one attached hydrogen (secondary N) is 1. The standard InChI is InChI=1S/C31H49NO2/c1-6-7-8-9-10-11-12-13-14-15-16-17-18-19-20-21-22-23-24-25-30(33)32-29(26-27(2)3)31(34)28(4)5/h7-8,10-11,13-14,16-17,19-20,22-23,27-29H,6,9,12,15,18,21,24-26H2,1-5H3,(H,32,33)/b8-7-,11-10-,14-13-,17-16-,20-19-,23-22-. The van der Waals surface area contributed by atoms with Crippen molar-refractivity contribution in [2.24, 2.45) is 11.8 Å². The Balaban J connectivity index is 3.93. The maximum atomic E-state index is 12.3. The number of hydrogen-bond acceptors (Lipinski definition) is 2. The van der Waals surface area contributed by atoms with E-state index in [-0.39, 0.29) is 23.7 Å². The summed E-state index contributed by atoms with van der Waals surface area (Å²) in [5, 5.41) is 2.93. The van der Waals surface area contributed by atoms with Crippen LogP contribution < -0.4 is 5.32 Å². The van der Waals surface area contributed by atoms with E-state index < -0.39 is 0 Å². The first-order chi connectivity index (χ1) is 16.4.